The monoisotopic (exact) mass is 347 g/mol. The minimum atomic E-state index is -0.00260. The predicted octanol–water partition coefficient (Wildman–Crippen LogP) is 1.63. The number of anilines is 1. The summed E-state index contributed by atoms with van der Waals surface area (Å²) in [6.45, 7) is 8.05. The summed E-state index contributed by atoms with van der Waals surface area (Å²) in [5.74, 6) is 0.554. The molecule has 0 saturated carbocycles. The third-order valence-corrected chi connectivity index (χ3v) is 4.78. The van der Waals surface area contributed by atoms with Crippen LogP contribution in [-0.2, 0) is 4.74 Å². The number of nitrogens with one attached hydrogen (secondary N) is 1. The van der Waals surface area contributed by atoms with Gasteiger partial charge in [-0.3, -0.25) is 4.79 Å². The first-order chi connectivity index (χ1) is 12.3. The smallest absolute Gasteiger partial charge is 0.257 e. The largest absolute Gasteiger partial charge is 0.375 e. The molecule has 1 atom stereocenters. The van der Waals surface area contributed by atoms with Crippen LogP contribution in [0.4, 0.5) is 5.95 Å². The Labute approximate surface area is 149 Å². The molecule has 2 aliphatic rings. The fourth-order valence-electron chi connectivity index (χ4n) is 3.49. The summed E-state index contributed by atoms with van der Waals surface area (Å²) in [7, 11) is 0. The molecular weight excluding hydrogens is 318 g/mol. The van der Waals surface area contributed by atoms with E-state index in [2.05, 4.69) is 20.2 Å². The average Bonchev–Trinajstić information content (AvgIpc) is 2.88. The second-order valence-corrected chi connectivity index (χ2v) is 6.78. The minimum absolute atomic E-state index is 0.00260. The molecule has 2 saturated heterocycles. The summed E-state index contributed by atoms with van der Waals surface area (Å²) < 4.78 is 6.00. The molecule has 1 aromatic heterocycles. The van der Waals surface area contributed by atoms with Crippen LogP contribution in [0.2, 0.25) is 0 Å². The molecule has 25 heavy (non-hydrogen) atoms. The second-order valence-electron chi connectivity index (χ2n) is 6.78. The molecule has 1 aromatic rings. The van der Waals surface area contributed by atoms with E-state index in [1.807, 2.05) is 11.8 Å². The highest BCUT2D eigenvalue weighted by Gasteiger charge is 2.26. The first kappa shape index (κ1) is 18.1. The van der Waals surface area contributed by atoms with Gasteiger partial charge in [-0.25, -0.2) is 9.97 Å². The van der Waals surface area contributed by atoms with Crippen molar-refractivity contribution in [2.45, 2.75) is 38.7 Å². The van der Waals surface area contributed by atoms with Crippen LogP contribution in [0.5, 0.6) is 0 Å². The Bertz CT molecular complexity index is 545. The number of aromatic nitrogens is 2. The van der Waals surface area contributed by atoms with Crippen molar-refractivity contribution in [1.29, 1.82) is 0 Å². The highest BCUT2D eigenvalue weighted by atomic mass is 16.5. The molecule has 3 heterocycles. The van der Waals surface area contributed by atoms with Crippen LogP contribution in [0.3, 0.4) is 0 Å². The SMILES string of the molecule is CCNc1ncc(C(=O)N2CCCOC(CN3CCCCC3)C2)cn1. The number of rotatable bonds is 5. The van der Waals surface area contributed by atoms with Crippen LogP contribution in [0.1, 0.15) is 43.0 Å². The van der Waals surface area contributed by atoms with Gasteiger partial charge in [0.05, 0.1) is 11.7 Å². The van der Waals surface area contributed by atoms with E-state index in [9.17, 15) is 4.79 Å². The number of piperidine rings is 1. The molecule has 1 unspecified atom stereocenters. The molecule has 0 aromatic carbocycles. The number of hydrogen-bond acceptors (Lipinski definition) is 6. The molecule has 0 aliphatic carbocycles. The van der Waals surface area contributed by atoms with Gasteiger partial charge in [0.2, 0.25) is 5.95 Å². The van der Waals surface area contributed by atoms with E-state index in [1.165, 1.54) is 19.3 Å². The van der Waals surface area contributed by atoms with Gasteiger partial charge < -0.3 is 19.9 Å². The number of ether oxygens (including phenoxy) is 1. The van der Waals surface area contributed by atoms with Gasteiger partial charge in [0, 0.05) is 45.2 Å². The number of hydrogen-bond donors (Lipinski definition) is 1. The molecule has 7 heteroatoms. The van der Waals surface area contributed by atoms with Crippen LogP contribution in [0.25, 0.3) is 0 Å². The van der Waals surface area contributed by atoms with E-state index < -0.39 is 0 Å². The molecule has 138 valence electrons. The Morgan fingerprint density at radius 2 is 1.96 bits per heavy atom. The lowest BCUT2D eigenvalue weighted by Gasteiger charge is -2.31. The number of carbonyl (C=O) groups is 1. The first-order valence-corrected chi connectivity index (χ1v) is 9.45. The molecule has 0 bridgehead atoms. The van der Waals surface area contributed by atoms with Crippen molar-refractivity contribution in [2.24, 2.45) is 0 Å². The van der Waals surface area contributed by atoms with Gasteiger partial charge in [-0.1, -0.05) is 6.42 Å². The quantitative estimate of drug-likeness (QED) is 0.873. The second kappa shape index (κ2) is 9.10. The number of nitrogens with zero attached hydrogens (tertiary/aromatic N) is 4. The normalized spacial score (nSPS) is 22.4. The Morgan fingerprint density at radius 3 is 2.68 bits per heavy atom. The summed E-state index contributed by atoms with van der Waals surface area (Å²) in [5, 5.41) is 3.04. The first-order valence-electron chi connectivity index (χ1n) is 9.45. The lowest BCUT2D eigenvalue weighted by molar-refractivity contribution is 0.0216. The molecule has 1 amide bonds. The fraction of sp³-hybridized carbons (Fsp3) is 0.722. The summed E-state index contributed by atoms with van der Waals surface area (Å²) in [6, 6.07) is 0. The Kier molecular flexibility index (Phi) is 6.58. The van der Waals surface area contributed by atoms with Gasteiger partial charge in [-0.15, -0.1) is 0 Å². The maximum absolute atomic E-state index is 12.8. The van der Waals surface area contributed by atoms with Crippen molar-refractivity contribution in [3.05, 3.63) is 18.0 Å². The van der Waals surface area contributed by atoms with Gasteiger partial charge in [0.1, 0.15) is 0 Å². The van der Waals surface area contributed by atoms with E-state index in [0.717, 1.165) is 45.8 Å². The van der Waals surface area contributed by atoms with Gasteiger partial charge >= 0.3 is 0 Å². The summed E-state index contributed by atoms with van der Waals surface area (Å²) in [4.78, 5) is 25.6. The van der Waals surface area contributed by atoms with Crippen molar-refractivity contribution in [1.82, 2.24) is 19.8 Å². The van der Waals surface area contributed by atoms with Crippen LogP contribution < -0.4 is 5.32 Å². The molecule has 0 spiro atoms. The Balaban J connectivity index is 1.60. The molecule has 1 N–H and O–H groups in total. The van der Waals surface area contributed by atoms with E-state index in [4.69, 9.17) is 4.74 Å². The summed E-state index contributed by atoms with van der Waals surface area (Å²) in [5.41, 5.74) is 0.542. The Morgan fingerprint density at radius 1 is 1.20 bits per heavy atom. The number of carbonyl (C=O) groups excluding carboxylic acids is 1. The zero-order chi connectivity index (χ0) is 17.5. The maximum Gasteiger partial charge on any atom is 0.257 e. The third-order valence-electron chi connectivity index (χ3n) is 4.78. The van der Waals surface area contributed by atoms with Gasteiger partial charge in [0.15, 0.2) is 0 Å². The Hall–Kier alpha value is -1.73. The summed E-state index contributed by atoms with van der Waals surface area (Å²) in [6.07, 6.45) is 8.05. The van der Waals surface area contributed by atoms with Crippen molar-refractivity contribution in [3.63, 3.8) is 0 Å². The van der Waals surface area contributed by atoms with Crippen LogP contribution in [0.15, 0.2) is 12.4 Å². The van der Waals surface area contributed by atoms with E-state index >= 15 is 0 Å². The summed E-state index contributed by atoms with van der Waals surface area (Å²) >= 11 is 0. The standard InChI is InChI=1S/C18H29N5O2/c1-2-19-18-20-11-15(12-21-18)17(24)23-9-6-10-25-16(14-23)13-22-7-4-3-5-8-22/h11-12,16H,2-10,13-14H2,1H3,(H,19,20,21). The minimum Gasteiger partial charge on any atom is -0.375 e. The third kappa shape index (κ3) is 5.12. The van der Waals surface area contributed by atoms with Crippen molar-refractivity contribution >= 4 is 11.9 Å². The van der Waals surface area contributed by atoms with Crippen molar-refractivity contribution in [3.8, 4) is 0 Å². The number of likely N-dealkylation sites (tertiary alicyclic amines) is 1. The van der Waals surface area contributed by atoms with Crippen molar-refractivity contribution < 1.29 is 9.53 Å². The molecular formula is C18H29N5O2. The zero-order valence-corrected chi connectivity index (χ0v) is 15.1. The molecule has 0 radical (unpaired) electrons. The van der Waals surface area contributed by atoms with E-state index in [-0.39, 0.29) is 12.0 Å². The predicted molar refractivity (Wildman–Crippen MR) is 96.7 cm³/mol. The maximum atomic E-state index is 12.8. The van der Waals surface area contributed by atoms with Crippen LogP contribution in [-0.4, -0.2) is 77.7 Å². The molecule has 7 nitrogen and oxygen atoms in total. The molecule has 2 fully saturated rings. The topological polar surface area (TPSA) is 70.6 Å². The van der Waals surface area contributed by atoms with Gasteiger partial charge in [-0.2, -0.15) is 0 Å². The van der Waals surface area contributed by atoms with Gasteiger partial charge in [0.25, 0.3) is 5.91 Å². The van der Waals surface area contributed by atoms with E-state index in [1.54, 1.807) is 12.4 Å². The number of amides is 1. The highest BCUT2D eigenvalue weighted by Crippen LogP contribution is 2.14. The lowest BCUT2D eigenvalue weighted by atomic mass is 10.1. The fourth-order valence-corrected chi connectivity index (χ4v) is 3.49. The van der Waals surface area contributed by atoms with Crippen LogP contribution >= 0.6 is 0 Å². The lowest BCUT2D eigenvalue weighted by Crippen LogP contribution is -2.43. The van der Waals surface area contributed by atoms with Gasteiger partial charge in [-0.05, 0) is 39.3 Å². The van der Waals surface area contributed by atoms with E-state index in [0.29, 0.717) is 18.1 Å². The van der Waals surface area contributed by atoms with Crippen molar-refractivity contribution in [2.75, 3.05) is 51.2 Å². The highest BCUT2D eigenvalue weighted by molar-refractivity contribution is 5.93. The average molecular weight is 347 g/mol. The zero-order valence-electron chi connectivity index (χ0n) is 15.1. The van der Waals surface area contributed by atoms with Crippen LogP contribution in [0, 0.1) is 0 Å². The molecule has 3 rings (SSSR count). The molecule has 2 aliphatic heterocycles.